The molecule has 1 aromatic rings. The minimum absolute atomic E-state index is 0.120. The van der Waals surface area contributed by atoms with Crippen molar-refractivity contribution < 1.29 is 14.3 Å². The van der Waals surface area contributed by atoms with Crippen LogP contribution in [0.5, 0.6) is 5.75 Å². The van der Waals surface area contributed by atoms with Gasteiger partial charge < -0.3 is 15.4 Å². The Morgan fingerprint density at radius 1 is 1.35 bits per heavy atom. The number of amidine groups is 1. The third-order valence-corrected chi connectivity index (χ3v) is 4.20. The summed E-state index contributed by atoms with van der Waals surface area (Å²) in [4.78, 5) is 28.2. The second-order valence-electron chi connectivity index (χ2n) is 4.99. The molecule has 23 heavy (non-hydrogen) atoms. The first-order valence-corrected chi connectivity index (χ1v) is 8.55. The first-order valence-electron chi connectivity index (χ1n) is 7.67. The molecule has 1 fully saturated rings. The van der Waals surface area contributed by atoms with E-state index in [-0.39, 0.29) is 18.2 Å². The Bertz CT molecular complexity index is 587. The number of nitrogens with one attached hydrogen (secondary N) is 2. The molecule has 0 bridgehead atoms. The molecule has 1 aliphatic rings. The minimum atomic E-state index is -0.423. The number of amides is 2. The Hall–Kier alpha value is -2.02. The Morgan fingerprint density at radius 3 is 2.74 bits per heavy atom. The van der Waals surface area contributed by atoms with E-state index in [1.165, 1.54) is 11.8 Å². The van der Waals surface area contributed by atoms with Crippen LogP contribution < -0.4 is 15.4 Å². The van der Waals surface area contributed by atoms with Gasteiger partial charge in [0.15, 0.2) is 5.17 Å². The molecular weight excluding hydrogens is 314 g/mol. The molecule has 2 rings (SSSR count). The van der Waals surface area contributed by atoms with Crippen LogP contribution >= 0.6 is 11.8 Å². The van der Waals surface area contributed by atoms with Crippen molar-refractivity contribution in [3.8, 4) is 5.75 Å². The van der Waals surface area contributed by atoms with Crippen LogP contribution in [0.4, 0.5) is 5.69 Å². The molecular formula is C16H21N3O3S. The molecule has 124 valence electrons. The fourth-order valence-electron chi connectivity index (χ4n) is 2.01. The van der Waals surface area contributed by atoms with Gasteiger partial charge >= 0.3 is 0 Å². The molecule has 1 unspecified atom stereocenters. The van der Waals surface area contributed by atoms with Crippen molar-refractivity contribution in [1.82, 2.24) is 5.32 Å². The van der Waals surface area contributed by atoms with Gasteiger partial charge in [0.05, 0.1) is 6.61 Å². The summed E-state index contributed by atoms with van der Waals surface area (Å²) in [5, 5.41) is 5.68. The Labute approximate surface area is 140 Å². The molecule has 0 saturated carbocycles. The summed E-state index contributed by atoms with van der Waals surface area (Å²) in [5.74, 6) is 0.401. The quantitative estimate of drug-likeness (QED) is 0.802. The standard InChI is InChI=1S/C16H21N3O3S/c1-3-9-17-16-19-15(21)13(23-16)10-14(20)18-11-5-7-12(8-6-11)22-4-2/h5-8,13H,3-4,9-10H2,1-2H3,(H,18,20)(H,17,19,21). The number of ether oxygens (including phenoxy) is 1. The van der Waals surface area contributed by atoms with Gasteiger partial charge in [0.1, 0.15) is 11.0 Å². The van der Waals surface area contributed by atoms with Gasteiger partial charge in [-0.05, 0) is 37.6 Å². The molecule has 2 N–H and O–H groups in total. The number of hydrogen-bond donors (Lipinski definition) is 2. The first-order chi connectivity index (χ1) is 11.1. The number of benzene rings is 1. The molecule has 1 aliphatic heterocycles. The molecule has 6 nitrogen and oxygen atoms in total. The number of carbonyl (C=O) groups is 2. The van der Waals surface area contributed by atoms with E-state index in [1.807, 2.05) is 13.8 Å². The fourth-order valence-corrected chi connectivity index (χ4v) is 3.01. The highest BCUT2D eigenvalue weighted by molar-refractivity contribution is 8.15. The lowest BCUT2D eigenvalue weighted by Crippen LogP contribution is -2.28. The van der Waals surface area contributed by atoms with Crippen molar-refractivity contribution in [2.45, 2.75) is 31.9 Å². The molecule has 0 spiro atoms. The highest BCUT2D eigenvalue weighted by Gasteiger charge is 2.31. The van der Waals surface area contributed by atoms with E-state index < -0.39 is 5.25 Å². The zero-order chi connectivity index (χ0) is 16.7. The van der Waals surface area contributed by atoms with Crippen LogP contribution in [0.1, 0.15) is 26.7 Å². The van der Waals surface area contributed by atoms with Gasteiger partial charge in [-0.15, -0.1) is 0 Å². The normalized spacial score (nSPS) is 18.8. The Morgan fingerprint density at radius 2 is 2.09 bits per heavy atom. The number of nitrogens with zero attached hydrogens (tertiary/aromatic N) is 1. The lowest BCUT2D eigenvalue weighted by atomic mass is 10.2. The van der Waals surface area contributed by atoms with E-state index in [9.17, 15) is 9.59 Å². The highest BCUT2D eigenvalue weighted by Crippen LogP contribution is 2.23. The van der Waals surface area contributed by atoms with Crippen molar-refractivity contribution in [3.05, 3.63) is 24.3 Å². The predicted octanol–water partition coefficient (Wildman–Crippen LogP) is 2.41. The monoisotopic (exact) mass is 335 g/mol. The van der Waals surface area contributed by atoms with Crippen LogP contribution in [0.2, 0.25) is 0 Å². The second kappa shape index (κ2) is 8.57. The molecule has 1 heterocycles. The summed E-state index contributed by atoms with van der Waals surface area (Å²) >= 11 is 1.32. The van der Waals surface area contributed by atoms with Crippen LogP contribution in [-0.4, -0.2) is 35.4 Å². The van der Waals surface area contributed by atoms with Crippen molar-refractivity contribution in [2.75, 3.05) is 18.5 Å². The number of rotatable bonds is 7. The smallest absolute Gasteiger partial charge is 0.240 e. The summed E-state index contributed by atoms with van der Waals surface area (Å²) < 4.78 is 5.35. The highest BCUT2D eigenvalue weighted by atomic mass is 32.2. The number of hydrogen-bond acceptors (Lipinski definition) is 5. The maximum absolute atomic E-state index is 12.1. The summed E-state index contributed by atoms with van der Waals surface area (Å²) in [6, 6.07) is 7.15. The Kier molecular flexibility index (Phi) is 6.46. The summed E-state index contributed by atoms with van der Waals surface area (Å²) in [5.41, 5.74) is 0.682. The lowest BCUT2D eigenvalue weighted by Gasteiger charge is -2.08. The van der Waals surface area contributed by atoms with Gasteiger partial charge in [0.2, 0.25) is 11.8 Å². The van der Waals surface area contributed by atoms with Crippen molar-refractivity contribution in [3.63, 3.8) is 0 Å². The van der Waals surface area contributed by atoms with Crippen molar-refractivity contribution in [1.29, 1.82) is 0 Å². The largest absolute Gasteiger partial charge is 0.494 e. The van der Waals surface area contributed by atoms with Crippen LogP contribution in [0.3, 0.4) is 0 Å². The maximum atomic E-state index is 12.1. The molecule has 1 atom stereocenters. The zero-order valence-corrected chi connectivity index (χ0v) is 14.1. The van der Waals surface area contributed by atoms with Crippen LogP contribution in [-0.2, 0) is 9.59 Å². The van der Waals surface area contributed by atoms with Crippen LogP contribution in [0.25, 0.3) is 0 Å². The topological polar surface area (TPSA) is 79.8 Å². The van der Waals surface area contributed by atoms with E-state index >= 15 is 0 Å². The number of carbonyl (C=O) groups excluding carboxylic acids is 2. The van der Waals surface area contributed by atoms with Gasteiger partial charge in [0, 0.05) is 18.7 Å². The average Bonchev–Trinajstić information content (AvgIpc) is 2.87. The fraction of sp³-hybridized carbons (Fsp3) is 0.438. The third-order valence-electron chi connectivity index (χ3n) is 3.08. The van der Waals surface area contributed by atoms with Gasteiger partial charge in [0.25, 0.3) is 0 Å². The maximum Gasteiger partial charge on any atom is 0.240 e. The SMILES string of the molecule is CCCN=C1NC(=O)C(CC(=O)Nc2ccc(OCC)cc2)S1. The van der Waals surface area contributed by atoms with Crippen LogP contribution in [0, 0.1) is 0 Å². The molecule has 1 saturated heterocycles. The zero-order valence-electron chi connectivity index (χ0n) is 13.3. The first kappa shape index (κ1) is 17.3. The van der Waals surface area contributed by atoms with E-state index in [2.05, 4.69) is 15.6 Å². The third kappa shape index (κ3) is 5.28. The minimum Gasteiger partial charge on any atom is -0.494 e. The van der Waals surface area contributed by atoms with E-state index in [0.717, 1.165) is 12.2 Å². The molecule has 0 aromatic heterocycles. The summed E-state index contributed by atoms with van der Waals surface area (Å²) in [7, 11) is 0. The van der Waals surface area contributed by atoms with Gasteiger partial charge in [-0.3, -0.25) is 14.6 Å². The summed E-state index contributed by atoms with van der Waals surface area (Å²) in [6.45, 7) is 5.21. The van der Waals surface area contributed by atoms with Gasteiger partial charge in [-0.1, -0.05) is 18.7 Å². The Balaban J connectivity index is 1.86. The molecule has 1 aromatic carbocycles. The number of thioether (sulfide) groups is 1. The second-order valence-corrected chi connectivity index (χ2v) is 6.18. The average molecular weight is 335 g/mol. The van der Waals surface area contributed by atoms with E-state index in [1.54, 1.807) is 24.3 Å². The number of anilines is 1. The van der Waals surface area contributed by atoms with E-state index in [0.29, 0.717) is 24.0 Å². The molecule has 0 radical (unpaired) electrons. The van der Waals surface area contributed by atoms with Gasteiger partial charge in [-0.2, -0.15) is 0 Å². The molecule has 0 aliphatic carbocycles. The summed E-state index contributed by atoms with van der Waals surface area (Å²) in [6.07, 6.45) is 1.04. The van der Waals surface area contributed by atoms with E-state index in [4.69, 9.17) is 4.74 Å². The molecule has 2 amide bonds. The van der Waals surface area contributed by atoms with Crippen LogP contribution in [0.15, 0.2) is 29.3 Å². The number of aliphatic imine (C=N–C) groups is 1. The van der Waals surface area contributed by atoms with Crippen molar-refractivity contribution >= 4 is 34.4 Å². The predicted molar refractivity (Wildman–Crippen MR) is 93.0 cm³/mol. The van der Waals surface area contributed by atoms with Gasteiger partial charge in [-0.25, -0.2) is 0 Å². The van der Waals surface area contributed by atoms with Crippen molar-refractivity contribution in [2.24, 2.45) is 4.99 Å². The lowest BCUT2D eigenvalue weighted by molar-refractivity contribution is -0.122. The molecule has 7 heteroatoms.